The second kappa shape index (κ2) is 9.24. The molecule has 3 rings (SSSR count). The Kier molecular flexibility index (Phi) is 6.95. The fraction of sp³-hybridized carbons (Fsp3) is 0.200. The number of halogens is 3. The third kappa shape index (κ3) is 4.85. The first-order valence-corrected chi connectivity index (χ1v) is 11.0. The SMILES string of the molecule is CCCN1C(=O)N/C(=C/c2cc(Br)c(OCc3ccc(Br)cc3)c(Br)c2)C1=O. The molecule has 0 unspecified atom stereocenters. The number of nitrogens with one attached hydrogen (secondary N) is 1. The summed E-state index contributed by atoms with van der Waals surface area (Å²) in [7, 11) is 0. The van der Waals surface area contributed by atoms with E-state index in [1.165, 1.54) is 4.90 Å². The monoisotopic (exact) mass is 570 g/mol. The molecule has 146 valence electrons. The number of carbonyl (C=O) groups excluding carboxylic acids is 2. The lowest BCUT2D eigenvalue weighted by Crippen LogP contribution is -2.31. The molecule has 0 radical (unpaired) electrons. The topological polar surface area (TPSA) is 58.6 Å². The molecule has 0 atom stereocenters. The van der Waals surface area contributed by atoms with Crippen molar-refractivity contribution in [2.45, 2.75) is 20.0 Å². The zero-order chi connectivity index (χ0) is 20.3. The predicted octanol–water partition coefficient (Wildman–Crippen LogP) is 5.86. The number of urea groups is 1. The molecule has 0 spiro atoms. The molecular formula is C20H17Br3N2O3. The van der Waals surface area contributed by atoms with E-state index in [0.29, 0.717) is 25.3 Å². The Hall–Kier alpha value is -1.64. The van der Waals surface area contributed by atoms with Crippen molar-refractivity contribution < 1.29 is 14.3 Å². The molecule has 0 aliphatic carbocycles. The van der Waals surface area contributed by atoms with Crippen LogP contribution in [0.1, 0.15) is 24.5 Å². The van der Waals surface area contributed by atoms with Crippen LogP contribution in [0.4, 0.5) is 4.79 Å². The molecule has 5 nitrogen and oxygen atoms in total. The first kappa shape index (κ1) is 21.1. The third-order valence-corrected chi connectivity index (χ3v) is 5.74. The molecule has 1 fully saturated rings. The molecule has 1 aliphatic rings. The maximum Gasteiger partial charge on any atom is 0.329 e. The standard InChI is InChI=1S/C20H17Br3N2O3/c1-2-7-25-19(26)17(24-20(25)27)10-13-8-15(22)18(16(23)9-13)28-11-12-3-5-14(21)6-4-12/h3-6,8-10H,2,7,11H2,1H3,(H,24,27)/b17-10+. The minimum Gasteiger partial charge on any atom is -0.487 e. The van der Waals surface area contributed by atoms with Crippen LogP contribution in [0.25, 0.3) is 6.08 Å². The summed E-state index contributed by atoms with van der Waals surface area (Å²) >= 11 is 10.5. The summed E-state index contributed by atoms with van der Waals surface area (Å²) in [5.74, 6) is 0.356. The highest BCUT2D eigenvalue weighted by Crippen LogP contribution is 2.36. The predicted molar refractivity (Wildman–Crippen MR) is 119 cm³/mol. The second-order valence-corrected chi connectivity index (χ2v) is 8.80. The smallest absolute Gasteiger partial charge is 0.329 e. The molecule has 0 saturated carbocycles. The van der Waals surface area contributed by atoms with E-state index in [1.54, 1.807) is 6.08 Å². The summed E-state index contributed by atoms with van der Waals surface area (Å²) in [5, 5.41) is 2.62. The molecule has 2 aromatic carbocycles. The average molecular weight is 573 g/mol. The zero-order valence-corrected chi connectivity index (χ0v) is 19.7. The number of hydrogen-bond acceptors (Lipinski definition) is 3. The molecule has 8 heteroatoms. The van der Waals surface area contributed by atoms with Crippen LogP contribution in [0.3, 0.4) is 0 Å². The minimum atomic E-state index is -0.384. The molecule has 28 heavy (non-hydrogen) atoms. The van der Waals surface area contributed by atoms with Crippen molar-refractivity contribution in [1.29, 1.82) is 0 Å². The van der Waals surface area contributed by atoms with Crippen molar-refractivity contribution in [3.63, 3.8) is 0 Å². The van der Waals surface area contributed by atoms with Gasteiger partial charge in [-0.15, -0.1) is 0 Å². The van der Waals surface area contributed by atoms with Gasteiger partial charge < -0.3 is 10.1 Å². The number of hydrogen-bond donors (Lipinski definition) is 1. The van der Waals surface area contributed by atoms with Gasteiger partial charge in [-0.3, -0.25) is 9.69 Å². The second-order valence-electron chi connectivity index (χ2n) is 6.17. The highest BCUT2D eigenvalue weighted by Gasteiger charge is 2.32. The fourth-order valence-electron chi connectivity index (χ4n) is 2.70. The first-order chi connectivity index (χ1) is 13.4. The molecule has 1 aliphatic heterocycles. The third-order valence-electron chi connectivity index (χ3n) is 4.04. The number of rotatable bonds is 6. The first-order valence-electron chi connectivity index (χ1n) is 8.60. The van der Waals surface area contributed by atoms with E-state index in [1.807, 2.05) is 43.3 Å². The maximum atomic E-state index is 12.4. The van der Waals surface area contributed by atoms with Gasteiger partial charge in [0.2, 0.25) is 0 Å². The van der Waals surface area contributed by atoms with Gasteiger partial charge in [0.15, 0.2) is 0 Å². The lowest BCUT2D eigenvalue weighted by molar-refractivity contribution is -0.122. The van der Waals surface area contributed by atoms with Gasteiger partial charge in [0, 0.05) is 11.0 Å². The quantitative estimate of drug-likeness (QED) is 0.349. The van der Waals surface area contributed by atoms with Crippen LogP contribution < -0.4 is 10.1 Å². The molecular weight excluding hydrogens is 556 g/mol. The van der Waals surface area contributed by atoms with Crippen LogP contribution in [0.5, 0.6) is 5.75 Å². The van der Waals surface area contributed by atoms with Gasteiger partial charge >= 0.3 is 6.03 Å². The Morgan fingerprint density at radius 2 is 1.71 bits per heavy atom. The number of amides is 3. The van der Waals surface area contributed by atoms with Crippen LogP contribution in [0, 0.1) is 0 Å². The Bertz CT molecular complexity index is 919. The summed E-state index contributed by atoms with van der Waals surface area (Å²) in [5.41, 5.74) is 2.07. The fourth-order valence-corrected chi connectivity index (χ4v) is 4.42. The summed E-state index contributed by atoms with van der Waals surface area (Å²) < 4.78 is 8.43. The highest BCUT2D eigenvalue weighted by molar-refractivity contribution is 9.11. The van der Waals surface area contributed by atoms with Crippen LogP contribution >= 0.6 is 47.8 Å². The summed E-state index contributed by atoms with van der Waals surface area (Å²) in [4.78, 5) is 25.5. The lowest BCUT2D eigenvalue weighted by Gasteiger charge is -2.12. The summed E-state index contributed by atoms with van der Waals surface area (Å²) in [6.07, 6.45) is 2.37. The highest BCUT2D eigenvalue weighted by atomic mass is 79.9. The van der Waals surface area contributed by atoms with Crippen LogP contribution in [-0.2, 0) is 11.4 Å². The van der Waals surface area contributed by atoms with E-state index >= 15 is 0 Å². The van der Waals surface area contributed by atoms with Crippen molar-refractivity contribution >= 4 is 65.8 Å². The van der Waals surface area contributed by atoms with Gasteiger partial charge in [0.05, 0.1) is 8.95 Å². The van der Waals surface area contributed by atoms with Crippen LogP contribution in [-0.4, -0.2) is 23.4 Å². The van der Waals surface area contributed by atoms with E-state index in [0.717, 1.165) is 24.5 Å². The van der Waals surface area contributed by atoms with Crippen molar-refractivity contribution in [2.24, 2.45) is 0 Å². The van der Waals surface area contributed by atoms with Crippen molar-refractivity contribution in [2.75, 3.05) is 6.54 Å². The Morgan fingerprint density at radius 1 is 1.07 bits per heavy atom. The Labute approximate surface area is 188 Å². The van der Waals surface area contributed by atoms with E-state index in [2.05, 4.69) is 53.1 Å². The molecule has 1 saturated heterocycles. The average Bonchev–Trinajstić information content (AvgIpc) is 2.90. The van der Waals surface area contributed by atoms with Gasteiger partial charge in [-0.25, -0.2) is 4.79 Å². The Morgan fingerprint density at radius 3 is 2.32 bits per heavy atom. The van der Waals surface area contributed by atoms with E-state index < -0.39 is 0 Å². The van der Waals surface area contributed by atoms with E-state index in [9.17, 15) is 9.59 Å². The number of ether oxygens (including phenoxy) is 1. The minimum absolute atomic E-state index is 0.265. The molecule has 1 heterocycles. The van der Waals surface area contributed by atoms with Gasteiger partial charge in [-0.2, -0.15) is 0 Å². The van der Waals surface area contributed by atoms with Gasteiger partial charge in [0.1, 0.15) is 18.1 Å². The van der Waals surface area contributed by atoms with Crippen molar-refractivity contribution in [3.8, 4) is 5.75 Å². The van der Waals surface area contributed by atoms with Crippen molar-refractivity contribution in [1.82, 2.24) is 10.2 Å². The molecule has 3 amide bonds. The van der Waals surface area contributed by atoms with E-state index in [4.69, 9.17) is 4.74 Å². The zero-order valence-electron chi connectivity index (χ0n) is 15.0. The summed E-state index contributed by atoms with van der Waals surface area (Å²) in [6, 6.07) is 11.2. The van der Waals surface area contributed by atoms with E-state index in [-0.39, 0.29) is 17.6 Å². The molecule has 1 N–H and O–H groups in total. The number of benzene rings is 2. The van der Waals surface area contributed by atoms with Crippen molar-refractivity contribution in [3.05, 3.63) is 66.6 Å². The normalized spacial score (nSPS) is 15.3. The van der Waals surface area contributed by atoms with Crippen LogP contribution in [0.15, 0.2) is 55.5 Å². The van der Waals surface area contributed by atoms with Crippen LogP contribution in [0.2, 0.25) is 0 Å². The number of carbonyl (C=O) groups is 2. The van der Waals surface area contributed by atoms with Gasteiger partial charge in [-0.1, -0.05) is 35.0 Å². The number of nitrogens with zero attached hydrogens (tertiary/aromatic N) is 1. The molecule has 2 aromatic rings. The maximum absolute atomic E-state index is 12.4. The largest absolute Gasteiger partial charge is 0.487 e. The van der Waals surface area contributed by atoms with Gasteiger partial charge in [0.25, 0.3) is 5.91 Å². The molecule has 0 bridgehead atoms. The number of imide groups is 1. The molecule has 0 aromatic heterocycles. The summed E-state index contributed by atoms with van der Waals surface area (Å²) in [6.45, 7) is 2.74. The lowest BCUT2D eigenvalue weighted by atomic mass is 10.2. The Balaban J connectivity index is 1.77. The van der Waals surface area contributed by atoms with Gasteiger partial charge in [-0.05, 0) is 79.7 Å².